The van der Waals surface area contributed by atoms with Gasteiger partial charge in [-0.3, -0.25) is 0 Å². The molecular formula is C16H20N8O2S. The summed E-state index contributed by atoms with van der Waals surface area (Å²) in [5, 5.41) is 8.50. The molecule has 3 aromatic rings. The third-order valence-corrected chi connectivity index (χ3v) is 6.49. The molecule has 0 unspecified atom stereocenters. The minimum atomic E-state index is -3.40. The molecule has 2 aromatic heterocycles. The fourth-order valence-corrected chi connectivity index (χ4v) is 4.16. The first kappa shape index (κ1) is 17.8. The predicted octanol–water partition coefficient (Wildman–Crippen LogP) is 0.139. The second-order valence-corrected chi connectivity index (χ2v) is 8.52. The first-order chi connectivity index (χ1) is 13.0. The molecule has 11 heteroatoms. The Morgan fingerprint density at radius 3 is 2.37 bits per heavy atom. The Bertz CT molecular complexity index is 1040. The summed E-state index contributed by atoms with van der Waals surface area (Å²) >= 11 is 0. The SMILES string of the molecule is CN(C)S(=O)(=O)N1CCN(c2ncnc3c2nnn3-c2ccccc2)CC1. The second-order valence-electron chi connectivity index (χ2n) is 6.38. The van der Waals surface area contributed by atoms with E-state index < -0.39 is 10.2 Å². The van der Waals surface area contributed by atoms with Gasteiger partial charge in [-0.25, -0.2) is 9.97 Å². The van der Waals surface area contributed by atoms with Crippen molar-refractivity contribution < 1.29 is 8.42 Å². The Kier molecular flexibility index (Phi) is 4.50. The van der Waals surface area contributed by atoms with E-state index in [0.717, 1.165) is 5.69 Å². The van der Waals surface area contributed by atoms with Crippen molar-refractivity contribution in [3.63, 3.8) is 0 Å². The molecule has 0 bridgehead atoms. The van der Waals surface area contributed by atoms with E-state index in [1.165, 1.54) is 29.0 Å². The summed E-state index contributed by atoms with van der Waals surface area (Å²) < 4.78 is 28.9. The number of piperazine rings is 1. The first-order valence-corrected chi connectivity index (χ1v) is 9.92. The summed E-state index contributed by atoms with van der Waals surface area (Å²) in [6, 6.07) is 9.65. The largest absolute Gasteiger partial charge is 0.352 e. The van der Waals surface area contributed by atoms with Gasteiger partial charge in [0.2, 0.25) is 0 Å². The Balaban J connectivity index is 1.62. The first-order valence-electron chi connectivity index (χ1n) is 8.53. The summed E-state index contributed by atoms with van der Waals surface area (Å²) in [5.41, 5.74) is 2.09. The van der Waals surface area contributed by atoms with Crippen LogP contribution in [0.1, 0.15) is 0 Å². The lowest BCUT2D eigenvalue weighted by molar-refractivity contribution is 0.355. The van der Waals surface area contributed by atoms with Crippen LogP contribution in [-0.2, 0) is 10.2 Å². The maximum atomic E-state index is 12.3. The number of rotatable bonds is 4. The lowest BCUT2D eigenvalue weighted by atomic mass is 10.3. The van der Waals surface area contributed by atoms with E-state index in [0.29, 0.717) is 43.2 Å². The summed E-state index contributed by atoms with van der Waals surface area (Å²) in [6.45, 7) is 1.83. The highest BCUT2D eigenvalue weighted by Gasteiger charge is 2.30. The summed E-state index contributed by atoms with van der Waals surface area (Å²) in [5.74, 6) is 0.670. The van der Waals surface area contributed by atoms with E-state index in [-0.39, 0.29) is 0 Å². The van der Waals surface area contributed by atoms with Crippen LogP contribution in [0, 0.1) is 0 Å². The van der Waals surface area contributed by atoms with Crippen LogP contribution in [0.15, 0.2) is 36.7 Å². The number of hydrogen-bond acceptors (Lipinski definition) is 7. The van der Waals surface area contributed by atoms with Crippen molar-refractivity contribution >= 4 is 27.2 Å². The second kappa shape index (κ2) is 6.83. The molecule has 142 valence electrons. The molecule has 27 heavy (non-hydrogen) atoms. The van der Waals surface area contributed by atoms with Crippen molar-refractivity contribution in [1.82, 2.24) is 33.6 Å². The van der Waals surface area contributed by atoms with Crippen molar-refractivity contribution in [2.45, 2.75) is 0 Å². The molecule has 0 spiro atoms. The molecule has 0 N–H and O–H groups in total. The summed E-state index contributed by atoms with van der Waals surface area (Å²) in [6.07, 6.45) is 1.49. The van der Waals surface area contributed by atoms with E-state index in [9.17, 15) is 8.42 Å². The Hall–Kier alpha value is -2.63. The highest BCUT2D eigenvalue weighted by Crippen LogP contribution is 2.24. The van der Waals surface area contributed by atoms with Gasteiger partial charge in [0.05, 0.1) is 5.69 Å². The molecule has 4 rings (SSSR count). The van der Waals surface area contributed by atoms with Crippen LogP contribution >= 0.6 is 0 Å². The zero-order valence-electron chi connectivity index (χ0n) is 15.1. The number of para-hydroxylation sites is 1. The molecule has 0 aliphatic carbocycles. The van der Waals surface area contributed by atoms with Gasteiger partial charge in [0.25, 0.3) is 10.2 Å². The van der Waals surface area contributed by atoms with Gasteiger partial charge in [-0.15, -0.1) is 5.10 Å². The van der Waals surface area contributed by atoms with E-state index in [2.05, 4.69) is 20.3 Å². The molecule has 1 aliphatic rings. The number of benzene rings is 1. The average molecular weight is 388 g/mol. The van der Waals surface area contributed by atoms with Crippen LogP contribution in [0.4, 0.5) is 5.82 Å². The number of nitrogens with zero attached hydrogens (tertiary/aromatic N) is 8. The Morgan fingerprint density at radius 2 is 1.70 bits per heavy atom. The third kappa shape index (κ3) is 3.13. The van der Waals surface area contributed by atoms with Crippen LogP contribution in [0.2, 0.25) is 0 Å². The molecule has 0 radical (unpaired) electrons. The third-order valence-electron chi connectivity index (χ3n) is 4.55. The quantitative estimate of drug-likeness (QED) is 0.627. The molecule has 3 heterocycles. The standard InChI is InChI=1S/C16H20N8O2S/c1-21(2)27(25,26)23-10-8-22(9-11-23)15-14-16(18-12-17-15)24(20-19-14)13-6-4-3-5-7-13/h3-7,12H,8-11H2,1-2H3. The van der Waals surface area contributed by atoms with Crippen molar-refractivity contribution in [3.05, 3.63) is 36.7 Å². The molecule has 1 aliphatic heterocycles. The van der Waals surface area contributed by atoms with Crippen LogP contribution < -0.4 is 4.90 Å². The smallest absolute Gasteiger partial charge is 0.281 e. The number of fused-ring (bicyclic) bond motifs is 1. The molecule has 10 nitrogen and oxygen atoms in total. The van der Waals surface area contributed by atoms with Gasteiger partial charge in [-0.1, -0.05) is 23.4 Å². The van der Waals surface area contributed by atoms with Crippen molar-refractivity contribution in [1.29, 1.82) is 0 Å². The molecular weight excluding hydrogens is 368 g/mol. The van der Waals surface area contributed by atoms with Crippen LogP contribution in [0.25, 0.3) is 16.9 Å². The van der Waals surface area contributed by atoms with Crippen molar-refractivity contribution in [2.24, 2.45) is 0 Å². The summed E-state index contributed by atoms with van der Waals surface area (Å²) in [4.78, 5) is 10.7. The molecule has 1 fully saturated rings. The minimum absolute atomic E-state index is 0.388. The Labute approximate surface area is 157 Å². The molecule has 1 saturated heterocycles. The van der Waals surface area contributed by atoms with Gasteiger partial charge in [0.1, 0.15) is 6.33 Å². The normalized spacial score (nSPS) is 16.3. The highest BCUT2D eigenvalue weighted by atomic mass is 32.2. The summed E-state index contributed by atoms with van der Waals surface area (Å²) in [7, 11) is -0.326. The van der Waals surface area contributed by atoms with E-state index in [4.69, 9.17) is 0 Å². The maximum Gasteiger partial charge on any atom is 0.281 e. The van der Waals surface area contributed by atoms with Crippen molar-refractivity contribution in [3.8, 4) is 5.69 Å². The number of aromatic nitrogens is 5. The zero-order valence-corrected chi connectivity index (χ0v) is 15.9. The van der Waals surface area contributed by atoms with Crippen LogP contribution in [0.5, 0.6) is 0 Å². The van der Waals surface area contributed by atoms with Gasteiger partial charge >= 0.3 is 0 Å². The lowest BCUT2D eigenvalue weighted by Crippen LogP contribution is -2.52. The van der Waals surface area contributed by atoms with Gasteiger partial charge in [0, 0.05) is 40.3 Å². The monoisotopic (exact) mass is 388 g/mol. The lowest BCUT2D eigenvalue weighted by Gasteiger charge is -2.35. The highest BCUT2D eigenvalue weighted by molar-refractivity contribution is 7.86. The number of hydrogen-bond donors (Lipinski definition) is 0. The fourth-order valence-electron chi connectivity index (χ4n) is 3.07. The average Bonchev–Trinajstić information content (AvgIpc) is 3.13. The topological polar surface area (TPSA) is 100 Å². The van der Waals surface area contributed by atoms with E-state index in [1.807, 2.05) is 35.2 Å². The molecule has 1 aromatic carbocycles. The van der Waals surface area contributed by atoms with Crippen molar-refractivity contribution in [2.75, 3.05) is 45.2 Å². The van der Waals surface area contributed by atoms with Gasteiger partial charge in [-0.05, 0) is 12.1 Å². The predicted molar refractivity (Wildman–Crippen MR) is 101 cm³/mol. The number of anilines is 1. The van der Waals surface area contributed by atoms with Crippen LogP contribution in [-0.4, -0.2) is 82.3 Å². The molecule has 0 saturated carbocycles. The molecule has 0 atom stereocenters. The van der Waals surface area contributed by atoms with Gasteiger partial charge < -0.3 is 4.90 Å². The van der Waals surface area contributed by atoms with E-state index in [1.54, 1.807) is 4.68 Å². The van der Waals surface area contributed by atoms with Gasteiger partial charge in [-0.2, -0.15) is 21.7 Å². The van der Waals surface area contributed by atoms with Crippen LogP contribution in [0.3, 0.4) is 0 Å². The minimum Gasteiger partial charge on any atom is -0.352 e. The fraction of sp³-hybridized carbons (Fsp3) is 0.375. The molecule has 0 amide bonds. The van der Waals surface area contributed by atoms with E-state index >= 15 is 0 Å². The maximum absolute atomic E-state index is 12.3. The van der Waals surface area contributed by atoms with Gasteiger partial charge in [0.15, 0.2) is 17.0 Å². The zero-order chi connectivity index (χ0) is 19.0. The Morgan fingerprint density at radius 1 is 1.00 bits per heavy atom.